The second-order valence-electron chi connectivity index (χ2n) is 3.07. The highest BCUT2D eigenvalue weighted by atomic mass is 32.1. The average molecular weight is 208 g/mol. The summed E-state index contributed by atoms with van der Waals surface area (Å²) in [6.07, 6.45) is 0. The molecule has 1 aromatic heterocycles. The van der Waals surface area contributed by atoms with Gasteiger partial charge in [-0.2, -0.15) is 0 Å². The summed E-state index contributed by atoms with van der Waals surface area (Å²) in [5.41, 5.74) is 0. The molecule has 74 valence electrons. The summed E-state index contributed by atoms with van der Waals surface area (Å²) >= 11 is 1.73. The molecule has 0 radical (unpaired) electrons. The van der Waals surface area contributed by atoms with Crippen LogP contribution in [0.4, 0.5) is 0 Å². The molecule has 0 amide bonds. The summed E-state index contributed by atoms with van der Waals surface area (Å²) in [6.45, 7) is 2.09. The van der Waals surface area contributed by atoms with E-state index in [4.69, 9.17) is 9.47 Å². The third-order valence-electron chi connectivity index (χ3n) is 2.17. The molecule has 0 unspecified atom stereocenters. The fourth-order valence-electron chi connectivity index (χ4n) is 1.54. The Hall–Kier alpha value is -1.22. The number of thiophene rings is 1. The highest BCUT2D eigenvalue weighted by Gasteiger charge is 2.09. The molecule has 0 fully saturated rings. The van der Waals surface area contributed by atoms with E-state index in [1.54, 1.807) is 25.6 Å². The Morgan fingerprint density at radius 3 is 2.36 bits per heavy atom. The quantitative estimate of drug-likeness (QED) is 0.754. The fourth-order valence-corrected chi connectivity index (χ4v) is 2.56. The monoisotopic (exact) mass is 208 g/mol. The largest absolute Gasteiger partial charge is 0.496 e. The first-order valence-corrected chi connectivity index (χ1v) is 5.19. The van der Waals surface area contributed by atoms with Gasteiger partial charge in [0.25, 0.3) is 0 Å². The zero-order valence-electron chi connectivity index (χ0n) is 8.46. The lowest BCUT2D eigenvalue weighted by Gasteiger charge is -2.04. The van der Waals surface area contributed by atoms with Crippen LogP contribution < -0.4 is 9.47 Å². The van der Waals surface area contributed by atoms with Crippen LogP contribution in [-0.2, 0) is 0 Å². The molecule has 0 spiro atoms. The molecule has 0 saturated carbocycles. The number of fused-ring (bicyclic) bond motifs is 1. The van der Waals surface area contributed by atoms with Crippen LogP contribution in [0, 0.1) is 6.92 Å². The molecule has 0 aliphatic carbocycles. The molecule has 2 nitrogen and oxygen atoms in total. The molecule has 1 aromatic carbocycles. The van der Waals surface area contributed by atoms with Gasteiger partial charge in [-0.3, -0.25) is 0 Å². The Balaban J connectivity index is 2.77. The minimum Gasteiger partial charge on any atom is -0.496 e. The van der Waals surface area contributed by atoms with Crippen LogP contribution in [-0.4, -0.2) is 14.2 Å². The van der Waals surface area contributed by atoms with Gasteiger partial charge in [-0.1, -0.05) is 0 Å². The summed E-state index contributed by atoms with van der Waals surface area (Å²) < 4.78 is 11.7. The Labute approximate surface area is 87.1 Å². The maximum atomic E-state index is 5.30. The van der Waals surface area contributed by atoms with Crippen molar-refractivity contribution in [3.05, 3.63) is 23.1 Å². The van der Waals surface area contributed by atoms with Gasteiger partial charge in [0.05, 0.1) is 18.9 Å². The summed E-state index contributed by atoms with van der Waals surface area (Å²) in [6, 6.07) is 6.01. The third kappa shape index (κ3) is 1.34. The smallest absolute Gasteiger partial charge is 0.136 e. The normalized spacial score (nSPS) is 10.5. The van der Waals surface area contributed by atoms with Crippen LogP contribution >= 0.6 is 11.3 Å². The lowest BCUT2D eigenvalue weighted by Crippen LogP contribution is -1.86. The van der Waals surface area contributed by atoms with Crippen LogP contribution in [0.15, 0.2) is 18.2 Å². The van der Waals surface area contributed by atoms with Gasteiger partial charge < -0.3 is 9.47 Å². The highest BCUT2D eigenvalue weighted by Crippen LogP contribution is 2.38. The van der Waals surface area contributed by atoms with Crippen molar-refractivity contribution in [2.24, 2.45) is 0 Å². The topological polar surface area (TPSA) is 18.5 Å². The van der Waals surface area contributed by atoms with Crippen LogP contribution in [0.3, 0.4) is 0 Å². The van der Waals surface area contributed by atoms with E-state index in [0.29, 0.717) is 0 Å². The van der Waals surface area contributed by atoms with Crippen LogP contribution in [0.1, 0.15) is 4.88 Å². The summed E-state index contributed by atoms with van der Waals surface area (Å²) in [5, 5.41) is 1.13. The lowest BCUT2D eigenvalue weighted by molar-refractivity contribution is 0.411. The molecule has 0 atom stereocenters. The number of aryl methyl sites for hydroxylation is 1. The predicted molar refractivity (Wildman–Crippen MR) is 59.7 cm³/mol. The molecule has 0 aliphatic rings. The van der Waals surface area contributed by atoms with Crippen LogP contribution in [0.25, 0.3) is 10.1 Å². The van der Waals surface area contributed by atoms with E-state index < -0.39 is 0 Å². The summed E-state index contributed by atoms with van der Waals surface area (Å²) in [7, 11) is 3.38. The second kappa shape index (κ2) is 3.50. The van der Waals surface area contributed by atoms with Crippen molar-refractivity contribution < 1.29 is 9.47 Å². The molecule has 0 bridgehead atoms. The summed E-state index contributed by atoms with van der Waals surface area (Å²) in [4.78, 5) is 1.27. The maximum Gasteiger partial charge on any atom is 0.136 e. The van der Waals surface area contributed by atoms with Gasteiger partial charge in [0.2, 0.25) is 0 Å². The van der Waals surface area contributed by atoms with E-state index in [9.17, 15) is 0 Å². The molecule has 0 saturated heterocycles. The molecule has 0 aliphatic heterocycles. The minimum absolute atomic E-state index is 0.908. The van der Waals surface area contributed by atoms with Gasteiger partial charge in [-0.25, -0.2) is 0 Å². The lowest BCUT2D eigenvalue weighted by atomic mass is 10.2. The molecular weight excluding hydrogens is 196 g/mol. The standard InChI is InChI=1S/C11H12O2S/c1-7-6-8-9(12-2)4-5-10(13-3)11(8)14-7/h4-6H,1-3H3. The van der Waals surface area contributed by atoms with Gasteiger partial charge in [0, 0.05) is 10.3 Å². The fraction of sp³-hybridized carbons (Fsp3) is 0.273. The van der Waals surface area contributed by atoms with Gasteiger partial charge in [0.1, 0.15) is 11.5 Å². The number of methoxy groups -OCH3 is 2. The van der Waals surface area contributed by atoms with Crippen molar-refractivity contribution in [1.29, 1.82) is 0 Å². The van der Waals surface area contributed by atoms with Crippen molar-refractivity contribution in [2.45, 2.75) is 6.92 Å². The van der Waals surface area contributed by atoms with E-state index in [-0.39, 0.29) is 0 Å². The van der Waals surface area contributed by atoms with E-state index >= 15 is 0 Å². The Kier molecular flexibility index (Phi) is 2.33. The number of ether oxygens (including phenoxy) is 2. The van der Waals surface area contributed by atoms with E-state index in [1.165, 1.54) is 4.88 Å². The number of hydrogen-bond acceptors (Lipinski definition) is 3. The van der Waals surface area contributed by atoms with Gasteiger partial charge >= 0.3 is 0 Å². The Morgan fingerprint density at radius 2 is 1.71 bits per heavy atom. The van der Waals surface area contributed by atoms with E-state index in [0.717, 1.165) is 21.6 Å². The first-order valence-electron chi connectivity index (χ1n) is 4.37. The third-order valence-corrected chi connectivity index (χ3v) is 3.24. The number of benzene rings is 1. The highest BCUT2D eigenvalue weighted by molar-refractivity contribution is 7.19. The van der Waals surface area contributed by atoms with Crippen molar-refractivity contribution in [3.8, 4) is 11.5 Å². The van der Waals surface area contributed by atoms with Crippen molar-refractivity contribution in [3.63, 3.8) is 0 Å². The SMILES string of the molecule is COc1ccc(OC)c2sc(C)cc12. The van der Waals surface area contributed by atoms with E-state index in [2.05, 4.69) is 13.0 Å². The molecule has 0 N–H and O–H groups in total. The molecule has 2 aromatic rings. The molecule has 1 heterocycles. The predicted octanol–water partition coefficient (Wildman–Crippen LogP) is 3.23. The molecule has 14 heavy (non-hydrogen) atoms. The number of hydrogen-bond donors (Lipinski definition) is 0. The zero-order valence-corrected chi connectivity index (χ0v) is 9.27. The first-order chi connectivity index (χ1) is 6.76. The molecule has 3 heteroatoms. The van der Waals surface area contributed by atoms with Gasteiger partial charge in [-0.05, 0) is 25.1 Å². The Morgan fingerprint density at radius 1 is 1.07 bits per heavy atom. The van der Waals surface area contributed by atoms with Crippen molar-refractivity contribution in [1.82, 2.24) is 0 Å². The molecule has 2 rings (SSSR count). The van der Waals surface area contributed by atoms with Gasteiger partial charge in [0.15, 0.2) is 0 Å². The second-order valence-corrected chi connectivity index (χ2v) is 4.33. The van der Waals surface area contributed by atoms with Gasteiger partial charge in [-0.15, -0.1) is 11.3 Å². The Bertz CT molecular complexity index is 419. The maximum absolute atomic E-state index is 5.30. The number of rotatable bonds is 2. The minimum atomic E-state index is 0.908. The van der Waals surface area contributed by atoms with Crippen LogP contribution in [0.2, 0.25) is 0 Å². The summed E-state index contributed by atoms with van der Waals surface area (Å²) in [5.74, 6) is 1.82. The van der Waals surface area contributed by atoms with Crippen molar-refractivity contribution in [2.75, 3.05) is 14.2 Å². The first kappa shape index (κ1) is 9.34. The zero-order chi connectivity index (χ0) is 10.1. The average Bonchev–Trinajstić information content (AvgIpc) is 2.57. The van der Waals surface area contributed by atoms with Crippen molar-refractivity contribution >= 4 is 21.4 Å². The van der Waals surface area contributed by atoms with E-state index in [1.807, 2.05) is 12.1 Å². The molecular formula is C11H12O2S. The van der Waals surface area contributed by atoms with Crippen LogP contribution in [0.5, 0.6) is 11.5 Å².